The van der Waals surface area contributed by atoms with Crippen molar-refractivity contribution < 1.29 is 4.74 Å². The van der Waals surface area contributed by atoms with Gasteiger partial charge < -0.3 is 4.74 Å². The Labute approximate surface area is 155 Å². The number of rotatable bonds is 6. The lowest BCUT2D eigenvalue weighted by atomic mass is 10.3. The van der Waals surface area contributed by atoms with Gasteiger partial charge in [-0.1, -0.05) is 29.3 Å². The lowest BCUT2D eigenvalue weighted by Gasteiger charge is -2.17. The monoisotopic (exact) mass is 377 g/mol. The summed E-state index contributed by atoms with van der Waals surface area (Å²) in [5.41, 5.74) is 1.14. The first kappa shape index (κ1) is 17.7. The van der Waals surface area contributed by atoms with Gasteiger partial charge >= 0.3 is 0 Å². The third-order valence-electron chi connectivity index (χ3n) is 3.65. The molecule has 3 rings (SSSR count). The zero-order valence-electron chi connectivity index (χ0n) is 13.7. The highest BCUT2D eigenvalue weighted by molar-refractivity contribution is 6.30. The molecule has 0 radical (unpaired) electrons. The number of fused-ring (bicyclic) bond motifs is 1. The number of aromatic nitrogens is 2. The minimum atomic E-state index is -0.147. The zero-order valence-corrected chi connectivity index (χ0v) is 15.2. The summed E-state index contributed by atoms with van der Waals surface area (Å²) in [5, 5.41) is 1.14. The molecule has 2 aromatic heterocycles. The van der Waals surface area contributed by atoms with Gasteiger partial charge in [-0.2, -0.15) is 0 Å². The topological polar surface area (TPSA) is 46.8 Å². The zero-order chi connectivity index (χ0) is 17.8. The first-order chi connectivity index (χ1) is 12.0. The second kappa shape index (κ2) is 7.87. The van der Waals surface area contributed by atoms with E-state index in [2.05, 4.69) is 4.98 Å². The SMILES string of the molecule is CN(CCOc1cccc(Cl)c1)Cc1cc(=O)n2cc(Cl)ccc2n1. The number of pyridine rings is 1. The second-order valence-electron chi connectivity index (χ2n) is 5.70. The minimum Gasteiger partial charge on any atom is -0.492 e. The normalized spacial score (nSPS) is 11.2. The van der Waals surface area contributed by atoms with E-state index in [1.54, 1.807) is 30.5 Å². The maximum atomic E-state index is 12.2. The van der Waals surface area contributed by atoms with E-state index in [0.717, 1.165) is 5.75 Å². The second-order valence-corrected chi connectivity index (χ2v) is 6.58. The van der Waals surface area contributed by atoms with Gasteiger partial charge in [0.1, 0.15) is 18.0 Å². The Balaban J connectivity index is 1.61. The molecule has 0 unspecified atom stereocenters. The summed E-state index contributed by atoms with van der Waals surface area (Å²) < 4.78 is 7.11. The van der Waals surface area contributed by atoms with E-state index in [4.69, 9.17) is 27.9 Å². The fourth-order valence-corrected chi connectivity index (χ4v) is 2.78. The summed E-state index contributed by atoms with van der Waals surface area (Å²) in [5.74, 6) is 0.736. The lowest BCUT2D eigenvalue weighted by molar-refractivity contribution is 0.231. The third-order valence-corrected chi connectivity index (χ3v) is 4.10. The van der Waals surface area contributed by atoms with Crippen LogP contribution in [0, 0.1) is 0 Å². The first-order valence-corrected chi connectivity index (χ1v) is 8.51. The summed E-state index contributed by atoms with van der Waals surface area (Å²) in [4.78, 5) is 18.7. The quantitative estimate of drug-likeness (QED) is 0.659. The van der Waals surface area contributed by atoms with Crippen LogP contribution in [0.15, 0.2) is 53.5 Å². The molecule has 0 aliphatic rings. The average Bonchev–Trinajstić information content (AvgIpc) is 2.56. The smallest absolute Gasteiger partial charge is 0.258 e. The molecular weight excluding hydrogens is 361 g/mol. The number of hydrogen-bond acceptors (Lipinski definition) is 4. The number of hydrogen-bond donors (Lipinski definition) is 0. The number of halogens is 2. The highest BCUT2D eigenvalue weighted by atomic mass is 35.5. The fourth-order valence-electron chi connectivity index (χ4n) is 2.44. The summed E-state index contributed by atoms with van der Waals surface area (Å²) in [6, 6.07) is 12.3. The van der Waals surface area contributed by atoms with E-state index >= 15 is 0 Å². The number of benzene rings is 1. The standard InChI is InChI=1S/C18H17Cl2N3O2/c1-22(7-8-25-16-4-2-3-13(19)9-16)12-15-10-18(24)23-11-14(20)5-6-17(23)21-15/h2-6,9-11H,7-8,12H2,1H3. The Morgan fingerprint density at radius 2 is 2.00 bits per heavy atom. The van der Waals surface area contributed by atoms with Crippen molar-refractivity contribution in [1.29, 1.82) is 0 Å². The lowest BCUT2D eigenvalue weighted by Crippen LogP contribution is -2.26. The van der Waals surface area contributed by atoms with Crippen LogP contribution >= 0.6 is 23.2 Å². The molecule has 0 aliphatic heterocycles. The maximum Gasteiger partial charge on any atom is 0.258 e. The Bertz CT molecular complexity index is 943. The van der Waals surface area contributed by atoms with E-state index < -0.39 is 0 Å². The van der Waals surface area contributed by atoms with Crippen LogP contribution in [0.2, 0.25) is 10.0 Å². The van der Waals surface area contributed by atoms with Crippen molar-refractivity contribution in [3.05, 3.63) is 74.8 Å². The first-order valence-electron chi connectivity index (χ1n) is 7.76. The van der Waals surface area contributed by atoms with Gasteiger partial charge in [-0.15, -0.1) is 0 Å². The maximum absolute atomic E-state index is 12.2. The number of ether oxygens (including phenoxy) is 1. The van der Waals surface area contributed by atoms with Gasteiger partial charge in [0, 0.05) is 30.4 Å². The molecule has 0 aliphatic carbocycles. The Hall–Kier alpha value is -2.08. The minimum absolute atomic E-state index is 0.147. The van der Waals surface area contributed by atoms with Crippen molar-refractivity contribution in [3.63, 3.8) is 0 Å². The Morgan fingerprint density at radius 1 is 1.16 bits per heavy atom. The van der Waals surface area contributed by atoms with E-state index in [1.165, 1.54) is 10.5 Å². The number of nitrogens with zero attached hydrogens (tertiary/aromatic N) is 3. The van der Waals surface area contributed by atoms with Crippen molar-refractivity contribution >= 4 is 28.8 Å². The Morgan fingerprint density at radius 3 is 2.80 bits per heavy atom. The molecule has 0 saturated heterocycles. The molecule has 3 aromatic rings. The molecule has 5 nitrogen and oxygen atoms in total. The molecule has 25 heavy (non-hydrogen) atoms. The van der Waals surface area contributed by atoms with Gasteiger partial charge in [-0.25, -0.2) is 4.98 Å². The van der Waals surface area contributed by atoms with Gasteiger partial charge in [-0.3, -0.25) is 14.1 Å². The van der Waals surface area contributed by atoms with Crippen molar-refractivity contribution in [2.45, 2.75) is 6.54 Å². The summed E-state index contributed by atoms with van der Waals surface area (Å²) in [6.45, 7) is 1.75. The third kappa shape index (κ3) is 4.72. The van der Waals surface area contributed by atoms with Crippen LogP contribution in [0.4, 0.5) is 0 Å². The molecular formula is C18H17Cl2N3O2. The van der Waals surface area contributed by atoms with Crippen LogP contribution in [0.5, 0.6) is 5.75 Å². The predicted molar refractivity (Wildman–Crippen MR) is 99.8 cm³/mol. The van der Waals surface area contributed by atoms with Gasteiger partial charge in [0.25, 0.3) is 5.56 Å². The highest BCUT2D eigenvalue weighted by Crippen LogP contribution is 2.17. The largest absolute Gasteiger partial charge is 0.492 e. The number of likely N-dealkylation sites (N-methyl/N-ethyl adjacent to an activating group) is 1. The molecule has 0 bridgehead atoms. The van der Waals surface area contributed by atoms with Crippen LogP contribution in [0.3, 0.4) is 0 Å². The van der Waals surface area contributed by atoms with Crippen molar-refractivity contribution in [2.75, 3.05) is 20.2 Å². The van der Waals surface area contributed by atoms with E-state index in [0.29, 0.717) is 41.1 Å². The van der Waals surface area contributed by atoms with Gasteiger partial charge in [0.05, 0.1) is 10.7 Å². The molecule has 0 fully saturated rings. The van der Waals surface area contributed by atoms with Crippen LogP contribution in [-0.4, -0.2) is 34.5 Å². The molecule has 130 valence electrons. The van der Waals surface area contributed by atoms with Crippen LogP contribution in [0.1, 0.15) is 5.69 Å². The van der Waals surface area contributed by atoms with E-state index in [-0.39, 0.29) is 5.56 Å². The molecule has 0 atom stereocenters. The summed E-state index contributed by atoms with van der Waals surface area (Å²) >= 11 is 11.8. The predicted octanol–water partition coefficient (Wildman–Crippen LogP) is 3.51. The molecule has 2 heterocycles. The van der Waals surface area contributed by atoms with Crippen molar-refractivity contribution in [3.8, 4) is 5.75 Å². The van der Waals surface area contributed by atoms with Gasteiger partial charge in [0.15, 0.2) is 0 Å². The molecule has 1 aromatic carbocycles. The molecule has 0 amide bonds. The van der Waals surface area contributed by atoms with E-state index in [1.807, 2.05) is 24.1 Å². The molecule has 7 heteroatoms. The fraction of sp³-hybridized carbons (Fsp3) is 0.222. The summed E-state index contributed by atoms with van der Waals surface area (Å²) in [6.07, 6.45) is 1.57. The van der Waals surface area contributed by atoms with Crippen molar-refractivity contribution in [1.82, 2.24) is 14.3 Å². The van der Waals surface area contributed by atoms with Crippen molar-refractivity contribution in [2.24, 2.45) is 0 Å². The van der Waals surface area contributed by atoms with Crippen LogP contribution < -0.4 is 10.3 Å². The van der Waals surface area contributed by atoms with Crippen LogP contribution in [0.25, 0.3) is 5.65 Å². The summed E-state index contributed by atoms with van der Waals surface area (Å²) in [7, 11) is 1.95. The highest BCUT2D eigenvalue weighted by Gasteiger charge is 2.06. The van der Waals surface area contributed by atoms with Gasteiger partial charge in [-0.05, 0) is 37.4 Å². The average molecular weight is 378 g/mol. The molecule has 0 saturated carbocycles. The Kier molecular flexibility index (Phi) is 5.58. The molecule has 0 N–H and O–H groups in total. The molecule has 0 spiro atoms. The van der Waals surface area contributed by atoms with E-state index in [9.17, 15) is 4.79 Å². The van der Waals surface area contributed by atoms with Crippen LogP contribution in [-0.2, 0) is 6.54 Å². The van der Waals surface area contributed by atoms with Gasteiger partial charge in [0.2, 0.25) is 0 Å².